The number of hydrogen-bond acceptors (Lipinski definition) is 5. The number of rotatable bonds is 7. The van der Waals surface area contributed by atoms with Crippen molar-refractivity contribution in [1.82, 2.24) is 9.78 Å². The van der Waals surface area contributed by atoms with Crippen LogP contribution >= 0.6 is 0 Å². The van der Waals surface area contributed by atoms with Crippen molar-refractivity contribution in [3.05, 3.63) is 102 Å². The van der Waals surface area contributed by atoms with Gasteiger partial charge < -0.3 is 10.1 Å². The zero-order valence-corrected chi connectivity index (χ0v) is 17.9. The third kappa shape index (κ3) is 5.22. The van der Waals surface area contributed by atoms with Crippen molar-refractivity contribution in [2.75, 3.05) is 11.9 Å². The van der Waals surface area contributed by atoms with Gasteiger partial charge in [0.25, 0.3) is 5.91 Å². The third-order valence-electron chi connectivity index (χ3n) is 4.90. The molecule has 1 aromatic heterocycles. The molecule has 0 aliphatic carbocycles. The van der Waals surface area contributed by atoms with Crippen LogP contribution in [0.1, 0.15) is 27.8 Å². The summed E-state index contributed by atoms with van der Waals surface area (Å²) in [6.45, 7) is 1.00. The van der Waals surface area contributed by atoms with Crippen molar-refractivity contribution in [2.24, 2.45) is 0 Å². The topological polar surface area (TPSA) is 90.3 Å². The molecule has 1 heterocycles. The van der Waals surface area contributed by atoms with E-state index < -0.39 is 18.5 Å². The lowest BCUT2D eigenvalue weighted by molar-refractivity contribution is -0.119. The molecule has 0 radical (unpaired) electrons. The number of benzene rings is 3. The average molecular weight is 439 g/mol. The number of para-hydroxylation sites is 1. The normalized spacial score (nSPS) is 10.5. The lowest BCUT2D eigenvalue weighted by Crippen LogP contribution is -2.22. The lowest BCUT2D eigenvalue weighted by Gasteiger charge is -2.09. The molecule has 164 valence electrons. The van der Waals surface area contributed by atoms with Crippen molar-refractivity contribution in [1.29, 1.82) is 0 Å². The summed E-state index contributed by atoms with van der Waals surface area (Å²) in [5.41, 5.74) is 3.42. The van der Waals surface area contributed by atoms with Crippen LogP contribution in [0.3, 0.4) is 0 Å². The van der Waals surface area contributed by atoms with Gasteiger partial charge in [0.05, 0.1) is 11.4 Å². The number of hydrogen-bond donors (Lipinski definition) is 1. The Balaban J connectivity index is 1.49. The highest BCUT2D eigenvalue weighted by Gasteiger charge is 2.20. The van der Waals surface area contributed by atoms with Gasteiger partial charge in [-0.2, -0.15) is 5.10 Å². The molecule has 0 bridgehead atoms. The molecular formula is C26H21N3O4. The highest BCUT2D eigenvalue weighted by atomic mass is 16.5. The van der Waals surface area contributed by atoms with E-state index in [-0.39, 0.29) is 11.5 Å². The Hall–Kier alpha value is -4.52. The van der Waals surface area contributed by atoms with Gasteiger partial charge in [-0.15, -0.1) is 0 Å². The number of carbonyl (C=O) groups is 3. The second-order valence-corrected chi connectivity index (χ2v) is 7.29. The number of amides is 1. The summed E-state index contributed by atoms with van der Waals surface area (Å²) >= 11 is 0. The molecule has 7 heteroatoms. The van der Waals surface area contributed by atoms with Crippen molar-refractivity contribution in [3.63, 3.8) is 0 Å². The monoisotopic (exact) mass is 439 g/mol. The Morgan fingerprint density at radius 3 is 2.15 bits per heavy atom. The van der Waals surface area contributed by atoms with Crippen LogP contribution < -0.4 is 5.32 Å². The molecule has 1 amide bonds. The van der Waals surface area contributed by atoms with Crippen molar-refractivity contribution >= 4 is 23.3 Å². The fraction of sp³-hybridized carbons (Fsp3) is 0.0769. The number of nitrogens with one attached hydrogen (secondary N) is 1. The molecule has 0 aliphatic rings. The first kappa shape index (κ1) is 21.7. The predicted molar refractivity (Wildman–Crippen MR) is 124 cm³/mol. The molecule has 1 N–H and O–H groups in total. The van der Waals surface area contributed by atoms with Gasteiger partial charge in [0.2, 0.25) is 0 Å². The molecule has 0 saturated carbocycles. The quantitative estimate of drug-likeness (QED) is 0.337. The third-order valence-corrected chi connectivity index (χ3v) is 4.90. The molecule has 0 atom stereocenters. The van der Waals surface area contributed by atoms with E-state index >= 15 is 0 Å². The van der Waals surface area contributed by atoms with Crippen molar-refractivity contribution in [2.45, 2.75) is 6.92 Å². The number of ketones is 1. The maximum Gasteiger partial charge on any atom is 0.357 e. The van der Waals surface area contributed by atoms with E-state index in [2.05, 4.69) is 10.4 Å². The van der Waals surface area contributed by atoms with Gasteiger partial charge in [0.15, 0.2) is 18.1 Å². The number of Topliss-reactive ketones (excluding diaryl/α,β-unsaturated/α-hetero) is 1. The first-order valence-electron chi connectivity index (χ1n) is 10.3. The number of ether oxygens (including phenoxy) is 1. The predicted octanol–water partition coefficient (Wildman–Crippen LogP) is 4.54. The second kappa shape index (κ2) is 9.74. The van der Waals surface area contributed by atoms with E-state index in [9.17, 15) is 14.4 Å². The summed E-state index contributed by atoms with van der Waals surface area (Å²) in [6.07, 6.45) is 0. The van der Waals surface area contributed by atoms with Crippen LogP contribution in [0.4, 0.5) is 5.69 Å². The first-order valence-corrected chi connectivity index (χ1v) is 10.3. The Morgan fingerprint density at radius 1 is 0.879 bits per heavy atom. The van der Waals surface area contributed by atoms with Crippen molar-refractivity contribution < 1.29 is 19.1 Å². The van der Waals surface area contributed by atoms with Crippen LogP contribution in [-0.4, -0.2) is 34.0 Å². The summed E-state index contributed by atoms with van der Waals surface area (Å²) in [7, 11) is 0. The van der Waals surface area contributed by atoms with E-state index in [0.29, 0.717) is 22.6 Å². The van der Waals surface area contributed by atoms with Crippen LogP contribution in [0.15, 0.2) is 91.0 Å². The van der Waals surface area contributed by atoms with E-state index in [1.807, 2.05) is 60.7 Å². The molecule has 0 fully saturated rings. The van der Waals surface area contributed by atoms with Crippen molar-refractivity contribution in [3.8, 4) is 16.9 Å². The summed E-state index contributed by atoms with van der Waals surface area (Å²) in [5.74, 6) is -1.23. The Kier molecular flexibility index (Phi) is 6.40. The number of nitrogens with zero attached hydrogens (tertiary/aromatic N) is 2. The molecule has 0 unspecified atom stereocenters. The number of esters is 1. The van der Waals surface area contributed by atoms with Gasteiger partial charge in [-0.25, -0.2) is 9.48 Å². The SMILES string of the molecule is CC(=O)c1ccc(NC(=O)COC(=O)c2cc(-c3ccccc3)nn2-c2ccccc2)cc1. The van der Waals surface area contributed by atoms with Gasteiger partial charge >= 0.3 is 5.97 Å². The molecule has 3 aromatic carbocycles. The minimum atomic E-state index is -0.671. The van der Waals surface area contributed by atoms with Gasteiger partial charge in [0.1, 0.15) is 0 Å². The van der Waals surface area contributed by atoms with E-state index in [0.717, 1.165) is 5.56 Å². The van der Waals surface area contributed by atoms with Crippen LogP contribution in [-0.2, 0) is 9.53 Å². The second-order valence-electron chi connectivity index (χ2n) is 7.29. The number of anilines is 1. The van der Waals surface area contributed by atoms with Crippen LogP contribution in [0.25, 0.3) is 16.9 Å². The van der Waals surface area contributed by atoms with E-state index in [4.69, 9.17) is 4.74 Å². The largest absolute Gasteiger partial charge is 0.451 e. The minimum Gasteiger partial charge on any atom is -0.451 e. The number of carbonyl (C=O) groups excluding carboxylic acids is 3. The number of aromatic nitrogens is 2. The lowest BCUT2D eigenvalue weighted by atomic mass is 10.1. The standard InChI is InChI=1S/C26H21N3O4/c1-18(30)19-12-14-21(15-13-19)27-25(31)17-33-26(32)24-16-23(20-8-4-2-5-9-20)28-29(24)22-10-6-3-7-11-22/h2-16H,17H2,1H3,(H,27,31). The fourth-order valence-corrected chi connectivity index (χ4v) is 3.23. The maximum absolute atomic E-state index is 12.9. The summed E-state index contributed by atoms with van der Waals surface area (Å²) < 4.78 is 6.77. The molecule has 0 spiro atoms. The maximum atomic E-state index is 12.9. The highest BCUT2D eigenvalue weighted by molar-refractivity contribution is 5.97. The summed E-state index contributed by atoms with van der Waals surface area (Å²) in [6, 6.07) is 26.8. The van der Waals surface area contributed by atoms with Crippen LogP contribution in [0, 0.1) is 0 Å². The van der Waals surface area contributed by atoms with E-state index in [1.165, 1.54) is 11.6 Å². The smallest absolute Gasteiger partial charge is 0.357 e. The van der Waals surface area contributed by atoms with Gasteiger partial charge in [0, 0.05) is 16.8 Å². The molecule has 4 rings (SSSR count). The average Bonchev–Trinajstić information content (AvgIpc) is 3.30. The van der Waals surface area contributed by atoms with E-state index in [1.54, 1.807) is 30.3 Å². The molecule has 33 heavy (non-hydrogen) atoms. The zero-order chi connectivity index (χ0) is 23.2. The first-order chi connectivity index (χ1) is 16.0. The summed E-state index contributed by atoms with van der Waals surface area (Å²) in [5, 5.41) is 7.22. The van der Waals surface area contributed by atoms with Gasteiger partial charge in [-0.3, -0.25) is 9.59 Å². The molecule has 4 aromatic rings. The van der Waals surface area contributed by atoms with Crippen LogP contribution in [0.5, 0.6) is 0 Å². The molecular weight excluding hydrogens is 418 g/mol. The Bertz CT molecular complexity index is 1280. The van der Waals surface area contributed by atoms with Gasteiger partial charge in [-0.1, -0.05) is 48.5 Å². The Labute approximate surface area is 190 Å². The molecule has 7 nitrogen and oxygen atoms in total. The fourth-order valence-electron chi connectivity index (χ4n) is 3.23. The van der Waals surface area contributed by atoms with Gasteiger partial charge in [-0.05, 0) is 49.4 Å². The Morgan fingerprint density at radius 2 is 1.52 bits per heavy atom. The van der Waals surface area contributed by atoms with Crippen LogP contribution in [0.2, 0.25) is 0 Å². The molecule has 0 saturated heterocycles. The zero-order valence-electron chi connectivity index (χ0n) is 17.9. The highest BCUT2D eigenvalue weighted by Crippen LogP contribution is 2.22. The minimum absolute atomic E-state index is 0.0632. The molecule has 0 aliphatic heterocycles. The summed E-state index contributed by atoms with van der Waals surface area (Å²) in [4.78, 5) is 36.5.